The molecule has 3 rings (SSSR count). The topological polar surface area (TPSA) is 20.2 Å². The van der Waals surface area contributed by atoms with Gasteiger partial charge in [0.2, 0.25) is 0 Å². The van der Waals surface area contributed by atoms with Crippen LogP contribution in [0, 0.1) is 10.8 Å². The Morgan fingerprint density at radius 2 is 0.973 bits per heavy atom. The third-order valence-corrected chi connectivity index (χ3v) is 7.17. The molecule has 1 nitrogen and oxygen atoms in total. The molecule has 1 heteroatoms. The van der Waals surface area contributed by atoms with Crippen molar-refractivity contribution in [1.29, 1.82) is 0 Å². The van der Waals surface area contributed by atoms with Gasteiger partial charge in [-0.2, -0.15) is 0 Å². The van der Waals surface area contributed by atoms with E-state index in [9.17, 15) is 5.11 Å². The van der Waals surface area contributed by atoms with Crippen LogP contribution in [-0.2, 0) is 24.7 Å². The maximum absolute atomic E-state index is 10.6. The van der Waals surface area contributed by atoms with Crippen LogP contribution in [0.2, 0.25) is 0 Å². The average Bonchev–Trinajstić information content (AvgIpc) is 2.76. The van der Waals surface area contributed by atoms with Gasteiger partial charge in [-0.1, -0.05) is 120 Å². The highest BCUT2D eigenvalue weighted by molar-refractivity contribution is 5.45. The molecular weight excluding hydrogens is 448 g/mol. The highest BCUT2D eigenvalue weighted by Gasteiger charge is 2.35. The predicted molar refractivity (Wildman–Crippen MR) is 160 cm³/mol. The monoisotopic (exact) mass is 498 g/mol. The molecule has 0 aliphatic carbocycles. The summed E-state index contributed by atoms with van der Waals surface area (Å²) < 4.78 is 0. The van der Waals surface area contributed by atoms with Gasteiger partial charge in [0.05, 0.1) is 5.60 Å². The molecule has 0 saturated carbocycles. The highest BCUT2D eigenvalue weighted by Crippen LogP contribution is 2.42. The Balaban J connectivity index is 2.20. The van der Waals surface area contributed by atoms with E-state index in [1.54, 1.807) is 0 Å². The van der Waals surface area contributed by atoms with Gasteiger partial charge < -0.3 is 5.11 Å². The van der Waals surface area contributed by atoms with E-state index in [1.807, 2.05) is 13.8 Å². The van der Waals surface area contributed by atoms with Crippen molar-refractivity contribution in [3.05, 3.63) is 107 Å². The Kier molecular flexibility index (Phi) is 9.12. The van der Waals surface area contributed by atoms with Crippen LogP contribution in [0.15, 0.2) is 78.9 Å². The summed E-state index contributed by atoms with van der Waals surface area (Å²) in [6, 6.07) is 29.7. The maximum Gasteiger partial charge on any atom is 0.0591 e. The van der Waals surface area contributed by atoms with E-state index in [1.165, 1.54) is 27.8 Å². The van der Waals surface area contributed by atoms with Crippen LogP contribution in [-0.4, -0.2) is 10.7 Å². The second-order valence-corrected chi connectivity index (χ2v) is 14.3. The smallest absolute Gasteiger partial charge is 0.0591 e. The molecule has 37 heavy (non-hydrogen) atoms. The molecule has 3 aromatic carbocycles. The Hall–Kier alpha value is -2.38. The normalized spacial score (nSPS) is 13.1. The van der Waals surface area contributed by atoms with Crippen molar-refractivity contribution >= 4 is 0 Å². The number of hydrogen-bond acceptors (Lipinski definition) is 1. The van der Waals surface area contributed by atoms with Gasteiger partial charge in [-0.15, -0.1) is 0 Å². The second kappa shape index (κ2) is 11.6. The summed E-state index contributed by atoms with van der Waals surface area (Å²) in [6.07, 6.45) is 5.78. The lowest BCUT2D eigenvalue weighted by Gasteiger charge is -2.37. The fraction of sp³-hybridized carbons (Fsp3) is 0.500. The van der Waals surface area contributed by atoms with Gasteiger partial charge in [0.15, 0.2) is 0 Å². The molecule has 0 bridgehead atoms. The molecule has 200 valence electrons. The summed E-state index contributed by atoms with van der Waals surface area (Å²) in [5.74, 6) is 0. The van der Waals surface area contributed by atoms with Gasteiger partial charge in [-0.3, -0.25) is 0 Å². The van der Waals surface area contributed by atoms with Gasteiger partial charge in [-0.25, -0.2) is 0 Å². The predicted octanol–water partition coefficient (Wildman–Crippen LogP) is 9.33. The Labute approximate surface area is 227 Å². The van der Waals surface area contributed by atoms with Crippen molar-refractivity contribution in [2.75, 3.05) is 0 Å². The van der Waals surface area contributed by atoms with E-state index in [4.69, 9.17) is 0 Å². The van der Waals surface area contributed by atoms with E-state index in [0.29, 0.717) is 0 Å². The molecule has 0 fully saturated rings. The third kappa shape index (κ3) is 9.15. The summed E-state index contributed by atoms with van der Waals surface area (Å²) in [7, 11) is 0. The van der Waals surface area contributed by atoms with Gasteiger partial charge >= 0.3 is 0 Å². The molecule has 0 aliphatic heterocycles. The summed E-state index contributed by atoms with van der Waals surface area (Å²) in [4.78, 5) is 0. The summed E-state index contributed by atoms with van der Waals surface area (Å²) >= 11 is 0. The number of hydrogen-bond donors (Lipinski definition) is 1. The molecule has 0 radical (unpaired) electrons. The van der Waals surface area contributed by atoms with Crippen LogP contribution in [0.1, 0.15) is 102 Å². The number of aliphatic hydroxyl groups is 1. The van der Waals surface area contributed by atoms with Crippen LogP contribution in [0.4, 0.5) is 0 Å². The molecule has 0 aliphatic rings. The quantitative estimate of drug-likeness (QED) is 0.295. The minimum absolute atomic E-state index is 0.172. The number of benzene rings is 3. The minimum Gasteiger partial charge on any atom is -0.390 e. The van der Waals surface area contributed by atoms with Crippen molar-refractivity contribution in [3.8, 4) is 0 Å². The lowest BCUT2D eigenvalue weighted by molar-refractivity contribution is 0.0666. The van der Waals surface area contributed by atoms with Crippen LogP contribution < -0.4 is 0 Å². The lowest BCUT2D eigenvalue weighted by atomic mass is 9.66. The molecule has 0 unspecified atom stereocenters. The Morgan fingerprint density at radius 1 is 0.514 bits per heavy atom. The van der Waals surface area contributed by atoms with Crippen molar-refractivity contribution in [2.24, 2.45) is 10.8 Å². The first-order valence-corrected chi connectivity index (χ1v) is 14.1. The van der Waals surface area contributed by atoms with E-state index >= 15 is 0 Å². The summed E-state index contributed by atoms with van der Waals surface area (Å²) in [6.45, 7) is 17.8. The van der Waals surface area contributed by atoms with Crippen LogP contribution in [0.25, 0.3) is 0 Å². The van der Waals surface area contributed by atoms with Crippen molar-refractivity contribution < 1.29 is 5.11 Å². The molecule has 0 saturated heterocycles. The molecule has 1 N–H and O–H groups in total. The van der Waals surface area contributed by atoms with Gasteiger partial charge in [-0.05, 0) is 91.0 Å². The zero-order chi connectivity index (χ0) is 27.3. The summed E-state index contributed by atoms with van der Waals surface area (Å²) in [5.41, 5.74) is 6.56. The second-order valence-electron chi connectivity index (χ2n) is 14.3. The lowest BCUT2D eigenvalue weighted by Crippen LogP contribution is -2.32. The molecule has 3 aromatic rings. The first-order chi connectivity index (χ1) is 17.2. The van der Waals surface area contributed by atoms with Gasteiger partial charge in [0.1, 0.15) is 0 Å². The SMILES string of the molecule is CC(C)(C)Cc1cccc(C(CCCC(C)(C)O)(Cc2ccccc2)c2cccc(CC(C)(C)C)c2)c1. The first kappa shape index (κ1) is 29.2. The summed E-state index contributed by atoms with van der Waals surface area (Å²) in [5, 5.41) is 10.6. The number of rotatable bonds is 10. The Morgan fingerprint density at radius 3 is 1.41 bits per heavy atom. The van der Waals surface area contributed by atoms with Crippen molar-refractivity contribution in [3.63, 3.8) is 0 Å². The van der Waals surface area contributed by atoms with E-state index < -0.39 is 5.60 Å². The van der Waals surface area contributed by atoms with Crippen LogP contribution in [0.5, 0.6) is 0 Å². The Bertz CT molecular complexity index is 1060. The standard InChI is InChI=1S/C36H50O/c1-33(2,3)25-29-17-12-19-31(23-29)36(22-14-21-35(7,8)37,27-28-15-10-9-11-16-28)32-20-13-18-30(24-32)26-34(4,5)6/h9-13,15-20,23-24,37H,14,21-22,25-27H2,1-8H3. The first-order valence-electron chi connectivity index (χ1n) is 14.1. The zero-order valence-corrected chi connectivity index (χ0v) is 24.7. The van der Waals surface area contributed by atoms with E-state index in [2.05, 4.69) is 120 Å². The minimum atomic E-state index is -0.666. The molecule has 0 aromatic heterocycles. The van der Waals surface area contributed by atoms with Crippen molar-refractivity contribution in [2.45, 2.75) is 105 Å². The largest absolute Gasteiger partial charge is 0.390 e. The van der Waals surface area contributed by atoms with E-state index in [0.717, 1.165) is 38.5 Å². The third-order valence-electron chi connectivity index (χ3n) is 7.17. The molecular formula is C36H50O. The van der Waals surface area contributed by atoms with Gasteiger partial charge in [0, 0.05) is 5.41 Å². The molecule has 0 spiro atoms. The van der Waals surface area contributed by atoms with Gasteiger partial charge in [0.25, 0.3) is 0 Å². The van der Waals surface area contributed by atoms with E-state index in [-0.39, 0.29) is 16.2 Å². The zero-order valence-electron chi connectivity index (χ0n) is 24.7. The molecule has 0 atom stereocenters. The fourth-order valence-corrected chi connectivity index (χ4v) is 5.70. The average molecular weight is 499 g/mol. The molecule has 0 heterocycles. The molecule has 0 amide bonds. The van der Waals surface area contributed by atoms with Crippen LogP contribution >= 0.6 is 0 Å². The van der Waals surface area contributed by atoms with Crippen LogP contribution in [0.3, 0.4) is 0 Å². The fourth-order valence-electron chi connectivity index (χ4n) is 5.70. The highest BCUT2D eigenvalue weighted by atomic mass is 16.3. The maximum atomic E-state index is 10.6. The van der Waals surface area contributed by atoms with Crippen molar-refractivity contribution in [1.82, 2.24) is 0 Å².